The molecule has 6 nitrogen and oxygen atoms in total. The van der Waals surface area contributed by atoms with Gasteiger partial charge in [0.2, 0.25) is 0 Å². The van der Waals surface area contributed by atoms with Crippen LogP contribution in [-0.4, -0.2) is 25.3 Å². The zero-order chi connectivity index (χ0) is 19.4. The van der Waals surface area contributed by atoms with Gasteiger partial charge in [-0.2, -0.15) is 0 Å². The number of benzene rings is 2. The van der Waals surface area contributed by atoms with E-state index in [0.29, 0.717) is 34.5 Å². The molecule has 0 saturated carbocycles. The first kappa shape index (κ1) is 18.7. The Labute approximate surface area is 155 Å². The van der Waals surface area contributed by atoms with E-state index >= 15 is 0 Å². The number of esters is 1. The Morgan fingerprint density at radius 3 is 2.70 bits per heavy atom. The summed E-state index contributed by atoms with van der Waals surface area (Å²) in [5, 5.41) is 10.9. The molecule has 2 aromatic carbocycles. The maximum atomic E-state index is 13.6. The van der Waals surface area contributed by atoms with Crippen molar-refractivity contribution < 1.29 is 32.9 Å². The van der Waals surface area contributed by atoms with Crippen LogP contribution in [0.25, 0.3) is 11.0 Å². The maximum Gasteiger partial charge on any atom is 0.310 e. The molecule has 1 N–H and O–H groups in total. The lowest BCUT2D eigenvalue weighted by Crippen LogP contribution is -2.07. The largest absolute Gasteiger partial charge is 0.504 e. The second-order valence-corrected chi connectivity index (χ2v) is 5.97. The third kappa shape index (κ3) is 4.38. The average Bonchev–Trinajstić information content (AvgIpc) is 3.05. The lowest BCUT2D eigenvalue weighted by molar-refractivity contribution is -0.139. The predicted molar refractivity (Wildman–Crippen MR) is 95.0 cm³/mol. The molecule has 142 valence electrons. The van der Waals surface area contributed by atoms with Crippen LogP contribution in [0.15, 0.2) is 40.8 Å². The number of rotatable bonds is 7. The number of methoxy groups -OCH3 is 2. The van der Waals surface area contributed by atoms with Crippen molar-refractivity contribution in [3.63, 3.8) is 0 Å². The van der Waals surface area contributed by atoms with Gasteiger partial charge in [-0.05, 0) is 29.8 Å². The number of carbonyl (C=O) groups excluding carboxylic acids is 1. The molecule has 7 heteroatoms. The van der Waals surface area contributed by atoms with Crippen molar-refractivity contribution in [2.45, 2.75) is 19.6 Å². The highest BCUT2D eigenvalue weighted by Crippen LogP contribution is 2.31. The zero-order valence-corrected chi connectivity index (χ0v) is 15.0. The molecule has 1 aromatic heterocycles. The third-order valence-electron chi connectivity index (χ3n) is 3.98. The summed E-state index contributed by atoms with van der Waals surface area (Å²) < 4.78 is 34.5. The number of ether oxygens (including phenoxy) is 3. The number of furan rings is 1. The minimum atomic E-state index is -0.476. The molecule has 3 rings (SSSR count). The minimum Gasteiger partial charge on any atom is -0.504 e. The van der Waals surface area contributed by atoms with Crippen LogP contribution < -0.4 is 4.74 Å². The van der Waals surface area contributed by atoms with Gasteiger partial charge in [-0.1, -0.05) is 6.07 Å². The summed E-state index contributed by atoms with van der Waals surface area (Å²) in [4.78, 5) is 11.5. The quantitative estimate of drug-likeness (QED) is 0.635. The number of fused-ring (bicyclic) bond motifs is 1. The van der Waals surface area contributed by atoms with Crippen LogP contribution in [0.3, 0.4) is 0 Å². The fourth-order valence-electron chi connectivity index (χ4n) is 2.74. The van der Waals surface area contributed by atoms with Crippen LogP contribution >= 0.6 is 0 Å². The van der Waals surface area contributed by atoms with Gasteiger partial charge in [-0.15, -0.1) is 0 Å². The molecule has 0 amide bonds. The van der Waals surface area contributed by atoms with Crippen molar-refractivity contribution in [2.75, 3.05) is 14.2 Å². The molecule has 0 radical (unpaired) electrons. The van der Waals surface area contributed by atoms with E-state index in [-0.39, 0.29) is 24.5 Å². The van der Waals surface area contributed by atoms with Crippen LogP contribution in [0.2, 0.25) is 0 Å². The second-order valence-electron chi connectivity index (χ2n) is 5.97. The molecule has 0 unspecified atom stereocenters. The average molecular weight is 374 g/mol. The van der Waals surface area contributed by atoms with Crippen molar-refractivity contribution in [3.8, 4) is 11.5 Å². The van der Waals surface area contributed by atoms with Crippen molar-refractivity contribution >= 4 is 16.9 Å². The number of hydrogen-bond donors (Lipinski definition) is 1. The highest BCUT2D eigenvalue weighted by Gasteiger charge is 2.13. The van der Waals surface area contributed by atoms with Gasteiger partial charge >= 0.3 is 5.97 Å². The number of phenolic OH excluding ortho intramolecular Hbond substituents is 1. The smallest absolute Gasteiger partial charge is 0.310 e. The van der Waals surface area contributed by atoms with Gasteiger partial charge in [0.25, 0.3) is 0 Å². The molecule has 1 heterocycles. The number of hydrogen-bond acceptors (Lipinski definition) is 6. The van der Waals surface area contributed by atoms with E-state index in [4.69, 9.17) is 13.9 Å². The molecule has 0 bridgehead atoms. The summed E-state index contributed by atoms with van der Waals surface area (Å²) >= 11 is 0. The van der Waals surface area contributed by atoms with Crippen LogP contribution in [0.4, 0.5) is 4.39 Å². The summed E-state index contributed by atoms with van der Waals surface area (Å²) in [7, 11) is 2.84. The van der Waals surface area contributed by atoms with E-state index in [1.807, 2.05) is 0 Å². The third-order valence-corrected chi connectivity index (χ3v) is 3.98. The molecule has 0 spiro atoms. The van der Waals surface area contributed by atoms with Crippen molar-refractivity contribution in [2.24, 2.45) is 0 Å². The molecule has 0 aliphatic rings. The van der Waals surface area contributed by atoms with E-state index < -0.39 is 11.8 Å². The van der Waals surface area contributed by atoms with Crippen molar-refractivity contribution in [1.82, 2.24) is 0 Å². The number of aromatic hydroxyl groups is 1. The second kappa shape index (κ2) is 8.09. The SMILES string of the molecule is COCc1cc2cc(COc3cc(F)ccc3CC(=O)OC)cc(O)c2o1. The van der Waals surface area contributed by atoms with Crippen LogP contribution in [0.5, 0.6) is 11.5 Å². The van der Waals surface area contributed by atoms with E-state index in [0.717, 1.165) is 0 Å². The van der Waals surface area contributed by atoms with E-state index in [1.54, 1.807) is 19.2 Å². The predicted octanol–water partition coefficient (Wildman–Crippen LogP) is 3.72. The van der Waals surface area contributed by atoms with Crippen LogP contribution in [0, 0.1) is 5.82 Å². The summed E-state index contributed by atoms with van der Waals surface area (Å²) in [6.45, 7) is 0.367. The Morgan fingerprint density at radius 2 is 1.96 bits per heavy atom. The fraction of sp³-hybridized carbons (Fsp3) is 0.250. The molecule has 0 aliphatic carbocycles. The monoisotopic (exact) mass is 374 g/mol. The standard InChI is InChI=1S/C20H19FO6/c1-24-11-16-7-14-5-12(6-17(22)20(14)27-16)10-26-18-9-15(21)4-3-13(18)8-19(23)25-2/h3-7,9,22H,8,10-11H2,1-2H3. The van der Waals surface area contributed by atoms with Gasteiger partial charge in [0.15, 0.2) is 11.3 Å². The van der Waals surface area contributed by atoms with Crippen molar-refractivity contribution in [1.29, 1.82) is 0 Å². The first-order valence-electron chi connectivity index (χ1n) is 8.21. The van der Waals surface area contributed by atoms with Crippen LogP contribution in [0.1, 0.15) is 16.9 Å². The van der Waals surface area contributed by atoms with Gasteiger partial charge in [-0.3, -0.25) is 4.79 Å². The van der Waals surface area contributed by atoms with Gasteiger partial charge in [0.05, 0.1) is 13.5 Å². The Hall–Kier alpha value is -3.06. The summed E-state index contributed by atoms with van der Waals surface area (Å²) in [6.07, 6.45) is -0.0293. The Balaban J connectivity index is 1.82. The molecule has 0 aliphatic heterocycles. The molecular formula is C20H19FO6. The lowest BCUT2D eigenvalue weighted by Gasteiger charge is -2.11. The Morgan fingerprint density at radius 1 is 1.15 bits per heavy atom. The summed E-state index contributed by atoms with van der Waals surface area (Å²) in [5.74, 6) is -0.119. The highest BCUT2D eigenvalue weighted by molar-refractivity contribution is 5.84. The maximum absolute atomic E-state index is 13.6. The van der Waals surface area contributed by atoms with Gasteiger partial charge in [0.1, 0.15) is 30.5 Å². The molecule has 3 aromatic rings. The first-order valence-corrected chi connectivity index (χ1v) is 8.21. The normalized spacial score (nSPS) is 10.9. The number of phenols is 1. The zero-order valence-electron chi connectivity index (χ0n) is 15.0. The van der Waals surface area contributed by atoms with Crippen molar-refractivity contribution in [3.05, 3.63) is 59.1 Å². The molecule has 0 fully saturated rings. The molecule has 0 atom stereocenters. The fourth-order valence-corrected chi connectivity index (χ4v) is 2.74. The lowest BCUT2D eigenvalue weighted by atomic mass is 10.1. The topological polar surface area (TPSA) is 78.1 Å². The molecule has 0 saturated heterocycles. The minimum absolute atomic E-state index is 0.0255. The number of halogens is 1. The van der Waals surface area contributed by atoms with Gasteiger partial charge in [0, 0.05) is 24.1 Å². The first-order chi connectivity index (χ1) is 13.0. The summed E-state index contributed by atoms with van der Waals surface area (Å²) in [6, 6.07) is 9.04. The Kier molecular flexibility index (Phi) is 5.61. The van der Waals surface area contributed by atoms with E-state index in [1.165, 1.54) is 31.4 Å². The van der Waals surface area contributed by atoms with Gasteiger partial charge < -0.3 is 23.7 Å². The molecule has 27 heavy (non-hydrogen) atoms. The highest BCUT2D eigenvalue weighted by atomic mass is 19.1. The Bertz CT molecular complexity index is 963. The van der Waals surface area contributed by atoms with Gasteiger partial charge in [-0.25, -0.2) is 4.39 Å². The summed E-state index contributed by atoms with van der Waals surface area (Å²) in [5.41, 5.74) is 1.54. The number of carbonyl (C=O) groups is 1. The molecular weight excluding hydrogens is 355 g/mol. The van der Waals surface area contributed by atoms with Crippen LogP contribution in [-0.2, 0) is 33.9 Å². The van der Waals surface area contributed by atoms with E-state index in [9.17, 15) is 14.3 Å². The van der Waals surface area contributed by atoms with E-state index in [2.05, 4.69) is 4.74 Å².